The standard InChI is InChI=1S/C28H26FN5O4/c1-16-5-7-20(8-6-16)31-25(35)13-34-23-10-17(2)9-21(26(23)33(4)28(34)36)19-11-18(3)27(22(29)12-19)37-14-24-30-15-38-32-24/h5-12,15H,13-14H2,1-4H3,(H,31,35). The Morgan fingerprint density at radius 2 is 1.84 bits per heavy atom. The topological polar surface area (TPSA) is 104 Å². The molecule has 0 atom stereocenters. The molecule has 0 fully saturated rings. The molecular weight excluding hydrogens is 489 g/mol. The fraction of sp³-hybridized carbons (Fsp3) is 0.214. The molecule has 0 aliphatic heterocycles. The summed E-state index contributed by atoms with van der Waals surface area (Å²) in [5.41, 5.74) is 5.25. The molecule has 0 aliphatic rings. The highest BCUT2D eigenvalue weighted by atomic mass is 19.1. The first kappa shape index (κ1) is 24.9. The van der Waals surface area contributed by atoms with Gasteiger partial charge < -0.3 is 14.6 Å². The van der Waals surface area contributed by atoms with Gasteiger partial charge in [-0.1, -0.05) is 22.9 Å². The van der Waals surface area contributed by atoms with Crippen LogP contribution >= 0.6 is 0 Å². The van der Waals surface area contributed by atoms with Gasteiger partial charge in [-0.05, 0) is 73.9 Å². The summed E-state index contributed by atoms with van der Waals surface area (Å²) >= 11 is 0. The van der Waals surface area contributed by atoms with Crippen LogP contribution in [-0.4, -0.2) is 25.2 Å². The zero-order chi connectivity index (χ0) is 27.0. The van der Waals surface area contributed by atoms with Gasteiger partial charge in [0, 0.05) is 18.3 Å². The number of amides is 1. The summed E-state index contributed by atoms with van der Waals surface area (Å²) in [5, 5.41) is 6.51. The molecule has 0 unspecified atom stereocenters. The second kappa shape index (κ2) is 9.97. The molecule has 0 saturated heterocycles. The number of carbonyl (C=O) groups is 1. The third-order valence-corrected chi connectivity index (χ3v) is 6.31. The number of nitrogens with zero attached hydrogens (tertiary/aromatic N) is 4. The normalized spacial score (nSPS) is 11.2. The van der Waals surface area contributed by atoms with E-state index < -0.39 is 5.82 Å². The summed E-state index contributed by atoms with van der Waals surface area (Å²) in [7, 11) is 1.64. The summed E-state index contributed by atoms with van der Waals surface area (Å²) in [4.78, 5) is 29.9. The van der Waals surface area contributed by atoms with E-state index in [4.69, 9.17) is 4.74 Å². The zero-order valence-corrected chi connectivity index (χ0v) is 21.4. The highest BCUT2D eigenvalue weighted by Crippen LogP contribution is 2.34. The number of halogens is 1. The van der Waals surface area contributed by atoms with Crippen molar-refractivity contribution in [3.05, 3.63) is 93.7 Å². The molecular formula is C28H26FN5O4. The van der Waals surface area contributed by atoms with Crippen molar-refractivity contribution in [3.63, 3.8) is 0 Å². The fourth-order valence-electron chi connectivity index (χ4n) is 4.51. The fourth-order valence-corrected chi connectivity index (χ4v) is 4.51. The van der Waals surface area contributed by atoms with Crippen LogP contribution in [0.3, 0.4) is 0 Å². The highest BCUT2D eigenvalue weighted by Gasteiger charge is 2.20. The minimum absolute atomic E-state index is 0.0374. The van der Waals surface area contributed by atoms with Gasteiger partial charge in [-0.25, -0.2) is 9.18 Å². The van der Waals surface area contributed by atoms with Crippen LogP contribution in [0, 0.1) is 26.6 Å². The first-order valence-corrected chi connectivity index (χ1v) is 12.0. The van der Waals surface area contributed by atoms with Gasteiger partial charge in [0.05, 0.1) is 11.0 Å². The molecule has 2 heterocycles. The number of benzene rings is 3. The molecule has 194 valence electrons. The molecule has 5 aromatic rings. The van der Waals surface area contributed by atoms with Crippen molar-refractivity contribution in [3.8, 4) is 16.9 Å². The smallest absolute Gasteiger partial charge is 0.329 e. The number of anilines is 1. The Hall–Kier alpha value is -4.73. The SMILES string of the molecule is Cc1ccc(NC(=O)Cn2c(=O)n(C)c3c(-c4cc(C)c(OCc5ncon5)c(F)c4)cc(C)cc32)cc1. The Balaban J connectivity index is 1.51. The number of imidazole rings is 1. The predicted octanol–water partition coefficient (Wildman–Crippen LogP) is 4.67. The van der Waals surface area contributed by atoms with Crippen molar-refractivity contribution in [2.45, 2.75) is 33.9 Å². The number of rotatable bonds is 7. The Labute approximate surface area is 217 Å². The molecule has 0 spiro atoms. The van der Waals surface area contributed by atoms with Gasteiger partial charge in [0.1, 0.15) is 6.54 Å². The molecule has 1 amide bonds. The Bertz CT molecular complexity index is 1680. The molecule has 1 N–H and O–H groups in total. The molecule has 2 aromatic heterocycles. The van der Waals surface area contributed by atoms with Crippen LogP contribution in [0.15, 0.2) is 64.2 Å². The zero-order valence-electron chi connectivity index (χ0n) is 21.4. The third-order valence-electron chi connectivity index (χ3n) is 6.31. The summed E-state index contributed by atoms with van der Waals surface area (Å²) in [6, 6.07) is 14.3. The van der Waals surface area contributed by atoms with Crippen LogP contribution in [0.5, 0.6) is 5.75 Å². The van der Waals surface area contributed by atoms with Gasteiger partial charge in [-0.2, -0.15) is 4.98 Å². The minimum atomic E-state index is -0.556. The Kier molecular flexibility index (Phi) is 6.54. The van der Waals surface area contributed by atoms with Gasteiger partial charge in [-0.15, -0.1) is 0 Å². The van der Waals surface area contributed by atoms with E-state index in [1.807, 2.05) is 50.2 Å². The second-order valence-corrected chi connectivity index (χ2v) is 9.26. The quantitative estimate of drug-likeness (QED) is 0.338. The van der Waals surface area contributed by atoms with E-state index in [0.717, 1.165) is 11.1 Å². The maximum Gasteiger partial charge on any atom is 0.329 e. The first-order chi connectivity index (χ1) is 18.2. The Morgan fingerprint density at radius 3 is 2.53 bits per heavy atom. The lowest BCUT2D eigenvalue weighted by atomic mass is 9.99. The van der Waals surface area contributed by atoms with Crippen LogP contribution in [0.1, 0.15) is 22.5 Å². The van der Waals surface area contributed by atoms with E-state index in [1.54, 1.807) is 20.0 Å². The van der Waals surface area contributed by atoms with Crippen LogP contribution in [0.4, 0.5) is 10.1 Å². The van der Waals surface area contributed by atoms with Crippen LogP contribution in [0.25, 0.3) is 22.2 Å². The Morgan fingerprint density at radius 1 is 1.08 bits per heavy atom. The summed E-state index contributed by atoms with van der Waals surface area (Å²) < 4.78 is 28.4. The van der Waals surface area contributed by atoms with Crippen molar-refractivity contribution < 1.29 is 18.4 Å². The maximum atomic E-state index is 15.2. The molecule has 5 rings (SSSR count). The molecule has 38 heavy (non-hydrogen) atoms. The number of aromatic nitrogens is 4. The number of aryl methyl sites for hydroxylation is 4. The van der Waals surface area contributed by atoms with E-state index in [2.05, 4.69) is 20.0 Å². The highest BCUT2D eigenvalue weighted by molar-refractivity contribution is 5.96. The third kappa shape index (κ3) is 4.80. The average molecular weight is 516 g/mol. The van der Waals surface area contributed by atoms with Crippen LogP contribution in [-0.2, 0) is 25.0 Å². The van der Waals surface area contributed by atoms with Crippen molar-refractivity contribution in [2.24, 2.45) is 7.05 Å². The molecule has 3 aromatic carbocycles. The van der Waals surface area contributed by atoms with Gasteiger partial charge >= 0.3 is 5.69 Å². The van der Waals surface area contributed by atoms with Crippen molar-refractivity contribution in [1.29, 1.82) is 0 Å². The summed E-state index contributed by atoms with van der Waals surface area (Å²) in [5.74, 6) is -0.491. The van der Waals surface area contributed by atoms with Gasteiger partial charge in [-0.3, -0.25) is 13.9 Å². The van der Waals surface area contributed by atoms with Crippen LogP contribution in [0.2, 0.25) is 0 Å². The monoisotopic (exact) mass is 515 g/mol. The second-order valence-electron chi connectivity index (χ2n) is 9.26. The van der Waals surface area contributed by atoms with Crippen molar-refractivity contribution >= 4 is 22.6 Å². The maximum absolute atomic E-state index is 15.2. The molecule has 10 heteroatoms. The lowest BCUT2D eigenvalue weighted by Gasteiger charge is -2.13. The van der Waals surface area contributed by atoms with E-state index >= 15 is 4.39 Å². The predicted molar refractivity (Wildman–Crippen MR) is 140 cm³/mol. The number of nitrogens with one attached hydrogen (secondary N) is 1. The molecule has 0 radical (unpaired) electrons. The molecule has 9 nitrogen and oxygen atoms in total. The lowest BCUT2D eigenvalue weighted by Crippen LogP contribution is -2.28. The number of carbonyl (C=O) groups excluding carboxylic acids is 1. The van der Waals surface area contributed by atoms with E-state index in [0.29, 0.717) is 39.2 Å². The van der Waals surface area contributed by atoms with E-state index in [-0.39, 0.29) is 30.5 Å². The van der Waals surface area contributed by atoms with E-state index in [1.165, 1.54) is 21.6 Å². The lowest BCUT2D eigenvalue weighted by molar-refractivity contribution is -0.116. The average Bonchev–Trinajstić information content (AvgIpc) is 3.47. The molecule has 0 bridgehead atoms. The molecule has 0 saturated carbocycles. The van der Waals surface area contributed by atoms with Gasteiger partial charge in [0.2, 0.25) is 18.1 Å². The number of hydrogen-bond donors (Lipinski definition) is 1. The van der Waals surface area contributed by atoms with Crippen LogP contribution < -0.4 is 15.7 Å². The van der Waals surface area contributed by atoms with Gasteiger partial charge in [0.25, 0.3) is 0 Å². The summed E-state index contributed by atoms with van der Waals surface area (Å²) in [6.07, 6.45) is 1.18. The number of hydrogen-bond acceptors (Lipinski definition) is 6. The minimum Gasteiger partial charge on any atom is -0.482 e. The largest absolute Gasteiger partial charge is 0.482 e. The first-order valence-electron chi connectivity index (χ1n) is 12.0. The number of ether oxygens (including phenoxy) is 1. The van der Waals surface area contributed by atoms with Crippen molar-refractivity contribution in [1.82, 2.24) is 19.3 Å². The molecule has 0 aliphatic carbocycles. The van der Waals surface area contributed by atoms with E-state index in [9.17, 15) is 9.59 Å². The number of fused-ring (bicyclic) bond motifs is 1. The van der Waals surface area contributed by atoms with Crippen molar-refractivity contribution in [2.75, 3.05) is 5.32 Å². The summed E-state index contributed by atoms with van der Waals surface area (Å²) in [6.45, 7) is 5.40. The van der Waals surface area contributed by atoms with Gasteiger partial charge in [0.15, 0.2) is 18.2 Å².